The molecule has 0 amide bonds. The standard InChI is InChI=1S/C13H23F3N2/c14-13(15,16)6-1-7-18-8-4-12(5-9-18)17-10-11-2-3-11/h11-12,17H,1-10H2. The molecule has 0 bridgehead atoms. The lowest BCUT2D eigenvalue weighted by molar-refractivity contribution is -0.136. The Hall–Kier alpha value is -0.290. The van der Waals surface area contributed by atoms with E-state index in [0.717, 1.165) is 38.4 Å². The van der Waals surface area contributed by atoms with E-state index in [0.29, 0.717) is 12.6 Å². The molecule has 106 valence electrons. The Kier molecular flexibility index (Phi) is 4.90. The Morgan fingerprint density at radius 3 is 2.28 bits per heavy atom. The van der Waals surface area contributed by atoms with Gasteiger partial charge >= 0.3 is 6.18 Å². The number of nitrogens with zero attached hydrogens (tertiary/aromatic N) is 1. The Morgan fingerprint density at radius 2 is 1.72 bits per heavy atom. The number of piperidine rings is 1. The largest absolute Gasteiger partial charge is 0.389 e. The molecule has 0 radical (unpaired) electrons. The summed E-state index contributed by atoms with van der Waals surface area (Å²) in [5, 5.41) is 3.58. The van der Waals surface area contributed by atoms with Gasteiger partial charge in [0.2, 0.25) is 0 Å². The summed E-state index contributed by atoms with van der Waals surface area (Å²) < 4.78 is 36.1. The van der Waals surface area contributed by atoms with E-state index in [2.05, 4.69) is 10.2 Å². The van der Waals surface area contributed by atoms with Gasteiger partial charge in [-0.3, -0.25) is 0 Å². The molecule has 5 heteroatoms. The monoisotopic (exact) mass is 264 g/mol. The minimum atomic E-state index is -4.00. The number of nitrogens with one attached hydrogen (secondary N) is 1. The van der Waals surface area contributed by atoms with Gasteiger partial charge in [-0.05, 0) is 64.2 Å². The highest BCUT2D eigenvalue weighted by atomic mass is 19.4. The predicted octanol–water partition coefficient (Wildman–Crippen LogP) is 2.79. The molecule has 2 aliphatic rings. The second-order valence-corrected chi connectivity index (χ2v) is 5.69. The number of hydrogen-bond acceptors (Lipinski definition) is 2. The molecule has 2 nitrogen and oxygen atoms in total. The van der Waals surface area contributed by atoms with Crippen LogP contribution < -0.4 is 5.32 Å². The third-order valence-electron chi connectivity index (χ3n) is 3.91. The minimum absolute atomic E-state index is 0.240. The van der Waals surface area contributed by atoms with Gasteiger partial charge in [0.25, 0.3) is 0 Å². The van der Waals surface area contributed by atoms with Crippen molar-refractivity contribution in [2.75, 3.05) is 26.2 Å². The van der Waals surface area contributed by atoms with Crippen LogP contribution in [0.2, 0.25) is 0 Å². The smallest absolute Gasteiger partial charge is 0.314 e. The quantitative estimate of drug-likeness (QED) is 0.793. The summed E-state index contributed by atoms with van der Waals surface area (Å²) in [6.07, 6.45) is 0.491. The second kappa shape index (κ2) is 6.24. The summed E-state index contributed by atoms with van der Waals surface area (Å²) in [7, 11) is 0. The maximum absolute atomic E-state index is 12.0. The highest BCUT2D eigenvalue weighted by molar-refractivity contribution is 4.81. The zero-order valence-corrected chi connectivity index (χ0v) is 10.8. The summed E-state index contributed by atoms with van der Waals surface area (Å²) in [6, 6.07) is 0.587. The average molecular weight is 264 g/mol. The van der Waals surface area contributed by atoms with Crippen molar-refractivity contribution >= 4 is 0 Å². The first-order valence-corrected chi connectivity index (χ1v) is 7.05. The van der Waals surface area contributed by atoms with Crippen molar-refractivity contribution < 1.29 is 13.2 Å². The summed E-state index contributed by atoms with van der Waals surface area (Å²) in [5.41, 5.74) is 0. The van der Waals surface area contributed by atoms with E-state index >= 15 is 0 Å². The molecule has 1 aliphatic heterocycles. The van der Waals surface area contributed by atoms with Crippen molar-refractivity contribution in [3.8, 4) is 0 Å². The fraction of sp³-hybridized carbons (Fsp3) is 1.00. The molecule has 1 aliphatic carbocycles. The van der Waals surface area contributed by atoms with Gasteiger partial charge in [0.15, 0.2) is 0 Å². The first kappa shape index (κ1) is 14.1. The molecule has 1 saturated heterocycles. The van der Waals surface area contributed by atoms with Gasteiger partial charge in [0.1, 0.15) is 0 Å². The van der Waals surface area contributed by atoms with Gasteiger partial charge in [0, 0.05) is 12.5 Å². The molecule has 1 saturated carbocycles. The second-order valence-electron chi connectivity index (χ2n) is 5.69. The predicted molar refractivity (Wildman–Crippen MR) is 65.5 cm³/mol. The SMILES string of the molecule is FC(F)(F)CCCN1CCC(NCC2CC2)CC1. The van der Waals surface area contributed by atoms with Crippen LogP contribution in [-0.2, 0) is 0 Å². The first-order chi connectivity index (χ1) is 8.53. The lowest BCUT2D eigenvalue weighted by Crippen LogP contribution is -2.43. The Morgan fingerprint density at radius 1 is 1.06 bits per heavy atom. The third kappa shape index (κ3) is 5.57. The molecule has 18 heavy (non-hydrogen) atoms. The zero-order chi connectivity index (χ0) is 13.0. The molecule has 0 aromatic rings. The van der Waals surface area contributed by atoms with E-state index in [1.54, 1.807) is 0 Å². The van der Waals surface area contributed by atoms with Gasteiger partial charge in [-0.25, -0.2) is 0 Å². The van der Waals surface area contributed by atoms with Crippen LogP contribution in [0.25, 0.3) is 0 Å². The van der Waals surface area contributed by atoms with Crippen LogP contribution in [0.1, 0.15) is 38.5 Å². The normalized spacial score (nSPS) is 23.5. The fourth-order valence-electron chi connectivity index (χ4n) is 2.52. The zero-order valence-electron chi connectivity index (χ0n) is 10.8. The van der Waals surface area contributed by atoms with Crippen LogP contribution in [0.4, 0.5) is 13.2 Å². The van der Waals surface area contributed by atoms with Crippen LogP contribution in [0.3, 0.4) is 0 Å². The molecule has 2 fully saturated rings. The third-order valence-corrected chi connectivity index (χ3v) is 3.91. The van der Waals surface area contributed by atoms with Crippen LogP contribution in [0.15, 0.2) is 0 Å². The van der Waals surface area contributed by atoms with E-state index in [-0.39, 0.29) is 6.42 Å². The minimum Gasteiger partial charge on any atom is -0.314 e. The summed E-state index contributed by atoms with van der Waals surface area (Å²) >= 11 is 0. The first-order valence-electron chi connectivity index (χ1n) is 7.05. The van der Waals surface area contributed by atoms with E-state index in [4.69, 9.17) is 0 Å². The topological polar surface area (TPSA) is 15.3 Å². The average Bonchev–Trinajstić information content (AvgIpc) is 3.10. The Balaban J connectivity index is 1.52. The lowest BCUT2D eigenvalue weighted by Gasteiger charge is -2.32. The van der Waals surface area contributed by atoms with E-state index in [1.807, 2.05) is 0 Å². The molecule has 0 atom stereocenters. The number of alkyl halides is 3. The molecular weight excluding hydrogens is 241 g/mol. The van der Waals surface area contributed by atoms with Crippen molar-refractivity contribution in [2.24, 2.45) is 5.92 Å². The summed E-state index contributed by atoms with van der Waals surface area (Å²) in [5.74, 6) is 0.898. The van der Waals surface area contributed by atoms with Crippen LogP contribution in [0, 0.1) is 5.92 Å². The van der Waals surface area contributed by atoms with Crippen LogP contribution >= 0.6 is 0 Å². The van der Waals surface area contributed by atoms with Crippen molar-refractivity contribution in [2.45, 2.75) is 50.7 Å². The highest BCUT2D eigenvalue weighted by Gasteiger charge is 2.27. The van der Waals surface area contributed by atoms with Gasteiger partial charge in [0.05, 0.1) is 0 Å². The maximum Gasteiger partial charge on any atom is 0.389 e. The number of rotatable bonds is 6. The maximum atomic E-state index is 12.0. The summed E-state index contributed by atoms with van der Waals surface area (Å²) in [6.45, 7) is 3.62. The molecular formula is C13H23F3N2. The number of halogens is 3. The van der Waals surface area contributed by atoms with Gasteiger partial charge in [-0.15, -0.1) is 0 Å². The van der Waals surface area contributed by atoms with Crippen molar-refractivity contribution in [3.05, 3.63) is 0 Å². The molecule has 0 unspecified atom stereocenters. The van der Waals surface area contributed by atoms with E-state index < -0.39 is 12.6 Å². The number of likely N-dealkylation sites (tertiary alicyclic amines) is 1. The van der Waals surface area contributed by atoms with E-state index in [9.17, 15) is 13.2 Å². The van der Waals surface area contributed by atoms with Crippen molar-refractivity contribution in [1.29, 1.82) is 0 Å². The molecule has 0 spiro atoms. The number of hydrogen-bond donors (Lipinski definition) is 1. The fourth-order valence-corrected chi connectivity index (χ4v) is 2.52. The van der Waals surface area contributed by atoms with Gasteiger partial charge in [-0.1, -0.05) is 0 Å². The highest BCUT2D eigenvalue weighted by Crippen LogP contribution is 2.28. The molecule has 1 heterocycles. The van der Waals surface area contributed by atoms with Crippen LogP contribution in [0.5, 0.6) is 0 Å². The molecule has 2 rings (SSSR count). The van der Waals surface area contributed by atoms with Crippen molar-refractivity contribution in [3.63, 3.8) is 0 Å². The lowest BCUT2D eigenvalue weighted by atomic mass is 10.0. The van der Waals surface area contributed by atoms with Crippen LogP contribution in [-0.4, -0.2) is 43.3 Å². The molecule has 1 N–H and O–H groups in total. The van der Waals surface area contributed by atoms with Crippen molar-refractivity contribution in [1.82, 2.24) is 10.2 Å². The molecule has 0 aromatic carbocycles. The van der Waals surface area contributed by atoms with Gasteiger partial charge < -0.3 is 10.2 Å². The Labute approximate surface area is 107 Å². The molecule has 0 aromatic heterocycles. The Bertz CT molecular complexity index is 243. The van der Waals surface area contributed by atoms with E-state index in [1.165, 1.54) is 12.8 Å². The summed E-state index contributed by atoms with van der Waals surface area (Å²) in [4.78, 5) is 2.17. The van der Waals surface area contributed by atoms with Gasteiger partial charge in [-0.2, -0.15) is 13.2 Å².